The average molecular weight is 232 g/mol. The van der Waals surface area contributed by atoms with Gasteiger partial charge in [-0.3, -0.25) is 4.90 Å². The van der Waals surface area contributed by atoms with Crippen LogP contribution < -0.4 is 5.73 Å². The van der Waals surface area contributed by atoms with Gasteiger partial charge in [-0.1, -0.05) is 37.3 Å². The first-order valence-electron chi connectivity index (χ1n) is 6.69. The molecule has 0 aromatic heterocycles. The summed E-state index contributed by atoms with van der Waals surface area (Å²) in [4.78, 5) is 2.59. The lowest BCUT2D eigenvalue weighted by atomic mass is 9.98. The van der Waals surface area contributed by atoms with Gasteiger partial charge in [0.05, 0.1) is 0 Å². The van der Waals surface area contributed by atoms with E-state index in [9.17, 15) is 0 Å². The van der Waals surface area contributed by atoms with Crippen LogP contribution in [0.3, 0.4) is 0 Å². The summed E-state index contributed by atoms with van der Waals surface area (Å²) in [5.41, 5.74) is 7.31. The van der Waals surface area contributed by atoms with Gasteiger partial charge in [0.15, 0.2) is 0 Å². The van der Waals surface area contributed by atoms with Gasteiger partial charge in [-0.2, -0.15) is 0 Å². The first kappa shape index (κ1) is 12.6. The van der Waals surface area contributed by atoms with E-state index >= 15 is 0 Å². The van der Waals surface area contributed by atoms with Gasteiger partial charge in [0.1, 0.15) is 0 Å². The molecule has 94 valence electrons. The lowest BCUT2D eigenvalue weighted by molar-refractivity contribution is 0.249. The molecule has 3 unspecified atom stereocenters. The van der Waals surface area contributed by atoms with Gasteiger partial charge >= 0.3 is 0 Å². The van der Waals surface area contributed by atoms with E-state index in [0.717, 1.165) is 19.0 Å². The molecular weight excluding hydrogens is 208 g/mol. The topological polar surface area (TPSA) is 29.3 Å². The van der Waals surface area contributed by atoms with E-state index < -0.39 is 0 Å². The van der Waals surface area contributed by atoms with Crippen molar-refractivity contribution in [2.45, 2.75) is 32.2 Å². The van der Waals surface area contributed by atoms with Crippen LogP contribution in [0.25, 0.3) is 0 Å². The summed E-state index contributed by atoms with van der Waals surface area (Å²) < 4.78 is 0. The number of likely N-dealkylation sites (tertiary alicyclic amines) is 1. The van der Waals surface area contributed by atoms with Crippen LogP contribution in [0.4, 0.5) is 0 Å². The molecule has 1 aliphatic rings. The van der Waals surface area contributed by atoms with Crippen LogP contribution in [0.1, 0.15) is 31.7 Å². The lowest BCUT2D eigenvalue weighted by Crippen LogP contribution is -2.34. The summed E-state index contributed by atoms with van der Waals surface area (Å²) in [6.07, 6.45) is 1.33. The minimum absolute atomic E-state index is 0.476. The van der Waals surface area contributed by atoms with Crippen molar-refractivity contribution in [3.63, 3.8) is 0 Å². The second-order valence-electron chi connectivity index (χ2n) is 5.49. The van der Waals surface area contributed by atoms with E-state index in [0.29, 0.717) is 12.0 Å². The van der Waals surface area contributed by atoms with Gasteiger partial charge in [-0.05, 0) is 24.8 Å². The largest absolute Gasteiger partial charge is 0.330 e. The Labute approximate surface area is 105 Å². The smallest absolute Gasteiger partial charge is 0.00889 e. The minimum Gasteiger partial charge on any atom is -0.330 e. The predicted molar refractivity (Wildman–Crippen MR) is 73.1 cm³/mol. The van der Waals surface area contributed by atoms with Crippen LogP contribution in [-0.4, -0.2) is 30.6 Å². The van der Waals surface area contributed by atoms with Gasteiger partial charge in [0.25, 0.3) is 0 Å². The summed E-state index contributed by atoms with van der Waals surface area (Å²) in [5, 5.41) is 0. The molecule has 0 aliphatic carbocycles. The normalized spacial score (nSPS) is 27.2. The monoisotopic (exact) mass is 232 g/mol. The van der Waals surface area contributed by atoms with Crippen molar-refractivity contribution in [2.24, 2.45) is 11.7 Å². The molecule has 17 heavy (non-hydrogen) atoms. The highest BCUT2D eigenvalue weighted by atomic mass is 15.2. The van der Waals surface area contributed by atoms with E-state index in [4.69, 9.17) is 5.73 Å². The fourth-order valence-electron chi connectivity index (χ4n) is 2.96. The molecule has 1 heterocycles. The van der Waals surface area contributed by atoms with Crippen LogP contribution in [0.5, 0.6) is 0 Å². The molecule has 1 aromatic carbocycles. The van der Waals surface area contributed by atoms with Crippen LogP contribution in [0.2, 0.25) is 0 Å². The Morgan fingerprint density at radius 3 is 2.53 bits per heavy atom. The van der Waals surface area contributed by atoms with Crippen molar-refractivity contribution in [3.05, 3.63) is 35.9 Å². The molecule has 0 spiro atoms. The second kappa shape index (κ2) is 5.65. The Morgan fingerprint density at radius 1 is 1.29 bits per heavy atom. The Balaban J connectivity index is 2.01. The Kier molecular flexibility index (Phi) is 4.19. The fourth-order valence-corrected chi connectivity index (χ4v) is 2.96. The number of nitrogens with zero attached hydrogens (tertiary/aromatic N) is 1. The van der Waals surface area contributed by atoms with Crippen molar-refractivity contribution >= 4 is 0 Å². The van der Waals surface area contributed by atoms with Crippen LogP contribution in [0.15, 0.2) is 30.3 Å². The molecule has 0 bridgehead atoms. The Bertz CT molecular complexity index is 336. The maximum Gasteiger partial charge on any atom is 0.00889 e. The highest BCUT2D eigenvalue weighted by molar-refractivity contribution is 5.20. The highest BCUT2D eigenvalue weighted by Crippen LogP contribution is 2.25. The maximum atomic E-state index is 5.94. The highest BCUT2D eigenvalue weighted by Gasteiger charge is 2.27. The number of benzene rings is 1. The standard InChI is InChI=1S/C15H24N2/c1-12-8-13(2)17(10-12)11-15(9-16)14-6-4-3-5-7-14/h3-7,12-13,15H,8-11,16H2,1-2H3. The van der Waals surface area contributed by atoms with E-state index in [2.05, 4.69) is 49.1 Å². The van der Waals surface area contributed by atoms with Crippen molar-refractivity contribution in [2.75, 3.05) is 19.6 Å². The minimum atomic E-state index is 0.476. The SMILES string of the molecule is CC1CC(C)N(CC(CN)c2ccccc2)C1. The van der Waals surface area contributed by atoms with Crippen LogP contribution in [0, 0.1) is 5.92 Å². The molecule has 1 aromatic rings. The Morgan fingerprint density at radius 2 is 2.00 bits per heavy atom. The quantitative estimate of drug-likeness (QED) is 0.864. The third-order valence-corrected chi connectivity index (χ3v) is 3.92. The van der Waals surface area contributed by atoms with E-state index in [1.807, 2.05) is 0 Å². The molecule has 0 radical (unpaired) electrons. The van der Waals surface area contributed by atoms with Gasteiger partial charge in [-0.15, -0.1) is 0 Å². The van der Waals surface area contributed by atoms with Crippen molar-refractivity contribution < 1.29 is 0 Å². The Hall–Kier alpha value is -0.860. The molecule has 2 heteroatoms. The zero-order valence-corrected chi connectivity index (χ0v) is 11.0. The molecule has 3 atom stereocenters. The van der Waals surface area contributed by atoms with Crippen molar-refractivity contribution in [1.29, 1.82) is 0 Å². The number of hydrogen-bond donors (Lipinski definition) is 1. The average Bonchev–Trinajstić information content (AvgIpc) is 2.66. The second-order valence-corrected chi connectivity index (χ2v) is 5.49. The summed E-state index contributed by atoms with van der Waals surface area (Å²) in [5.74, 6) is 1.31. The molecule has 0 amide bonds. The van der Waals surface area contributed by atoms with E-state index in [1.54, 1.807) is 0 Å². The maximum absolute atomic E-state index is 5.94. The van der Waals surface area contributed by atoms with E-state index in [-0.39, 0.29) is 0 Å². The number of rotatable bonds is 4. The molecule has 1 fully saturated rings. The third kappa shape index (κ3) is 3.08. The van der Waals surface area contributed by atoms with Crippen molar-refractivity contribution in [1.82, 2.24) is 4.90 Å². The summed E-state index contributed by atoms with van der Waals surface area (Å²) >= 11 is 0. The zero-order valence-electron chi connectivity index (χ0n) is 11.0. The third-order valence-electron chi connectivity index (χ3n) is 3.92. The zero-order chi connectivity index (χ0) is 12.3. The molecule has 1 saturated heterocycles. The molecule has 2 nitrogen and oxygen atoms in total. The van der Waals surface area contributed by atoms with Gasteiger partial charge in [-0.25, -0.2) is 0 Å². The molecule has 0 saturated carbocycles. The summed E-state index contributed by atoms with van der Waals surface area (Å²) in [7, 11) is 0. The molecule has 1 aliphatic heterocycles. The van der Waals surface area contributed by atoms with Crippen LogP contribution in [-0.2, 0) is 0 Å². The first-order chi connectivity index (χ1) is 8.20. The molecule has 2 rings (SSSR count). The predicted octanol–water partition coefficient (Wildman–Crippen LogP) is 2.46. The van der Waals surface area contributed by atoms with Crippen molar-refractivity contribution in [3.8, 4) is 0 Å². The fraction of sp³-hybridized carbons (Fsp3) is 0.600. The molecular formula is C15H24N2. The van der Waals surface area contributed by atoms with E-state index in [1.165, 1.54) is 18.5 Å². The first-order valence-corrected chi connectivity index (χ1v) is 6.69. The van der Waals surface area contributed by atoms with Crippen LogP contribution >= 0.6 is 0 Å². The number of nitrogens with two attached hydrogens (primary N) is 1. The number of hydrogen-bond acceptors (Lipinski definition) is 2. The summed E-state index contributed by atoms with van der Waals surface area (Å²) in [6, 6.07) is 11.4. The van der Waals surface area contributed by atoms with Gasteiger partial charge in [0.2, 0.25) is 0 Å². The summed E-state index contributed by atoms with van der Waals surface area (Å²) in [6.45, 7) is 7.75. The van der Waals surface area contributed by atoms with Gasteiger partial charge < -0.3 is 5.73 Å². The van der Waals surface area contributed by atoms with Gasteiger partial charge in [0, 0.05) is 31.6 Å². The molecule has 2 N–H and O–H groups in total. The lowest BCUT2D eigenvalue weighted by Gasteiger charge is -2.26.